The highest BCUT2D eigenvalue weighted by Gasteiger charge is 2.19. The predicted molar refractivity (Wildman–Crippen MR) is 76.5 cm³/mol. The van der Waals surface area contributed by atoms with Gasteiger partial charge in [-0.1, -0.05) is 12.2 Å². The number of nitrogens with two attached hydrogens (primary N) is 1. The molecule has 1 heterocycles. The van der Waals surface area contributed by atoms with E-state index in [1.807, 2.05) is 0 Å². The smallest absolute Gasteiger partial charge is 0.241 e. The Morgan fingerprint density at radius 1 is 1.30 bits per heavy atom. The van der Waals surface area contributed by atoms with Gasteiger partial charge in [0.05, 0.1) is 6.54 Å². The summed E-state index contributed by atoms with van der Waals surface area (Å²) < 4.78 is 27.5. The topological polar surface area (TPSA) is 58.4 Å². The predicted octanol–water partition coefficient (Wildman–Crippen LogP) is 1.63. The number of anilines is 1. The van der Waals surface area contributed by atoms with Crippen molar-refractivity contribution in [2.24, 2.45) is 5.73 Å². The Morgan fingerprint density at radius 3 is 2.35 bits per heavy atom. The normalized spacial score (nSPS) is 14.4. The molecule has 1 aromatic carbocycles. The van der Waals surface area contributed by atoms with E-state index in [2.05, 4.69) is 17.5 Å². The Labute approximate surface area is 120 Å². The number of halogens is 2. The molecular formula is C13H15F2N3OS. The Hall–Kier alpha value is -1.76. The second-order valence-electron chi connectivity index (χ2n) is 4.62. The number of nitrogens with zero attached hydrogens (tertiary/aromatic N) is 1. The third-order valence-electron chi connectivity index (χ3n) is 3.20. The number of likely N-dealkylation sites (tertiary alicyclic amines) is 1. The van der Waals surface area contributed by atoms with Gasteiger partial charge < -0.3 is 16.0 Å². The summed E-state index contributed by atoms with van der Waals surface area (Å²) in [7, 11) is 0. The zero-order valence-corrected chi connectivity index (χ0v) is 11.6. The van der Waals surface area contributed by atoms with Crippen LogP contribution in [0.3, 0.4) is 0 Å². The average Bonchev–Trinajstić information content (AvgIpc) is 2.91. The molecule has 7 heteroatoms. The third kappa shape index (κ3) is 3.22. The number of amides is 1. The molecule has 0 aromatic heterocycles. The van der Waals surface area contributed by atoms with Gasteiger partial charge in [-0.2, -0.15) is 0 Å². The van der Waals surface area contributed by atoms with Crippen LogP contribution in [0.5, 0.6) is 0 Å². The summed E-state index contributed by atoms with van der Waals surface area (Å²) in [5.41, 5.74) is 5.10. The van der Waals surface area contributed by atoms with Crippen molar-refractivity contribution < 1.29 is 13.6 Å². The molecule has 1 aliphatic heterocycles. The lowest BCUT2D eigenvalue weighted by atomic mass is 10.2. The van der Waals surface area contributed by atoms with E-state index in [0.717, 1.165) is 25.0 Å². The monoisotopic (exact) mass is 299 g/mol. The number of rotatable bonds is 4. The van der Waals surface area contributed by atoms with Crippen molar-refractivity contribution in [1.29, 1.82) is 0 Å². The maximum atomic E-state index is 13.8. The Bertz CT molecular complexity index is 521. The van der Waals surface area contributed by atoms with Crippen molar-refractivity contribution in [3.63, 3.8) is 0 Å². The molecule has 1 fully saturated rings. The van der Waals surface area contributed by atoms with Crippen molar-refractivity contribution in [3.05, 3.63) is 29.3 Å². The first-order valence-corrected chi connectivity index (χ1v) is 6.70. The van der Waals surface area contributed by atoms with Crippen LogP contribution in [0.1, 0.15) is 18.4 Å². The van der Waals surface area contributed by atoms with Gasteiger partial charge in [-0.25, -0.2) is 8.78 Å². The van der Waals surface area contributed by atoms with E-state index in [4.69, 9.17) is 5.73 Å². The van der Waals surface area contributed by atoms with Gasteiger partial charge in [-0.15, -0.1) is 0 Å². The highest BCUT2D eigenvalue weighted by atomic mass is 32.1. The molecule has 20 heavy (non-hydrogen) atoms. The van der Waals surface area contributed by atoms with E-state index < -0.39 is 11.6 Å². The van der Waals surface area contributed by atoms with Crippen LogP contribution in [0.15, 0.2) is 12.1 Å². The van der Waals surface area contributed by atoms with Gasteiger partial charge in [-0.3, -0.25) is 4.79 Å². The summed E-state index contributed by atoms with van der Waals surface area (Å²) in [4.78, 5) is 13.4. The van der Waals surface area contributed by atoms with Crippen LogP contribution in [0, 0.1) is 11.6 Å². The summed E-state index contributed by atoms with van der Waals surface area (Å²) in [6, 6.07) is 2.10. The Balaban J connectivity index is 2.05. The molecule has 0 bridgehead atoms. The lowest BCUT2D eigenvalue weighted by Gasteiger charge is -2.16. The zero-order chi connectivity index (χ0) is 14.7. The molecule has 4 nitrogen and oxygen atoms in total. The molecule has 2 rings (SSSR count). The Kier molecular flexibility index (Phi) is 4.49. The van der Waals surface area contributed by atoms with E-state index in [0.29, 0.717) is 13.1 Å². The second kappa shape index (κ2) is 6.13. The van der Waals surface area contributed by atoms with E-state index in [-0.39, 0.29) is 28.7 Å². The first kappa shape index (κ1) is 14.6. The molecule has 0 saturated carbocycles. The zero-order valence-electron chi connectivity index (χ0n) is 10.8. The molecule has 0 spiro atoms. The molecule has 3 N–H and O–H groups in total. The van der Waals surface area contributed by atoms with Crippen LogP contribution >= 0.6 is 12.2 Å². The standard InChI is InChI=1S/C13H15F2N3OS/c14-9-5-8(13(16)20)6-10(15)12(9)17-7-11(19)18-3-1-2-4-18/h5-6,17H,1-4,7H2,(H2,16,20). The van der Waals surface area contributed by atoms with Gasteiger partial charge in [-0.05, 0) is 25.0 Å². The minimum absolute atomic E-state index is 0.0810. The fraction of sp³-hybridized carbons (Fsp3) is 0.385. The van der Waals surface area contributed by atoms with Gasteiger partial charge in [0.15, 0.2) is 0 Å². The van der Waals surface area contributed by atoms with Gasteiger partial charge in [0.2, 0.25) is 5.91 Å². The number of thiocarbonyl (C=S) groups is 1. The summed E-state index contributed by atoms with van der Waals surface area (Å²) in [6.07, 6.45) is 1.94. The van der Waals surface area contributed by atoms with Gasteiger partial charge in [0, 0.05) is 18.7 Å². The SMILES string of the molecule is NC(=S)c1cc(F)c(NCC(=O)N2CCCC2)c(F)c1. The summed E-state index contributed by atoms with van der Waals surface area (Å²) in [5, 5.41) is 2.50. The largest absolute Gasteiger partial charge is 0.389 e. The third-order valence-corrected chi connectivity index (χ3v) is 3.44. The molecule has 1 aromatic rings. The van der Waals surface area contributed by atoms with Gasteiger partial charge >= 0.3 is 0 Å². The summed E-state index contributed by atoms with van der Waals surface area (Å²) in [6.45, 7) is 1.26. The minimum Gasteiger partial charge on any atom is -0.389 e. The maximum Gasteiger partial charge on any atom is 0.241 e. The van der Waals surface area contributed by atoms with Gasteiger partial charge in [0.25, 0.3) is 0 Å². The van der Waals surface area contributed by atoms with Crippen LogP contribution in [-0.2, 0) is 4.79 Å². The molecule has 108 valence electrons. The highest BCUT2D eigenvalue weighted by molar-refractivity contribution is 7.80. The Morgan fingerprint density at radius 2 is 1.85 bits per heavy atom. The van der Waals surface area contributed by atoms with Crippen LogP contribution in [0.25, 0.3) is 0 Å². The molecule has 1 aliphatic rings. The first-order valence-electron chi connectivity index (χ1n) is 6.29. The number of carbonyl (C=O) groups is 1. The van der Waals surface area contributed by atoms with Crippen molar-refractivity contribution in [1.82, 2.24) is 4.90 Å². The second-order valence-corrected chi connectivity index (χ2v) is 5.06. The molecule has 0 aliphatic carbocycles. The average molecular weight is 299 g/mol. The van der Waals surface area contributed by atoms with Crippen LogP contribution in [0.2, 0.25) is 0 Å². The van der Waals surface area contributed by atoms with E-state index >= 15 is 0 Å². The molecule has 0 radical (unpaired) electrons. The van der Waals surface area contributed by atoms with E-state index in [1.165, 1.54) is 0 Å². The van der Waals surface area contributed by atoms with Gasteiger partial charge in [0.1, 0.15) is 22.3 Å². The van der Waals surface area contributed by atoms with Crippen molar-refractivity contribution in [2.75, 3.05) is 25.0 Å². The number of carbonyl (C=O) groups excluding carboxylic acids is 1. The molecular weight excluding hydrogens is 284 g/mol. The number of benzene rings is 1. The fourth-order valence-electron chi connectivity index (χ4n) is 2.13. The van der Waals surface area contributed by atoms with Crippen molar-refractivity contribution in [3.8, 4) is 0 Å². The molecule has 1 amide bonds. The minimum atomic E-state index is -0.818. The number of hydrogen-bond donors (Lipinski definition) is 2. The summed E-state index contributed by atoms with van der Waals surface area (Å²) in [5.74, 6) is -1.80. The number of nitrogens with one attached hydrogen (secondary N) is 1. The molecule has 0 unspecified atom stereocenters. The van der Waals surface area contributed by atoms with E-state index in [9.17, 15) is 13.6 Å². The van der Waals surface area contributed by atoms with Crippen LogP contribution in [-0.4, -0.2) is 35.4 Å². The lowest BCUT2D eigenvalue weighted by Crippen LogP contribution is -2.33. The quantitative estimate of drug-likeness (QED) is 0.830. The lowest BCUT2D eigenvalue weighted by molar-refractivity contribution is -0.128. The van der Waals surface area contributed by atoms with Crippen molar-refractivity contribution >= 4 is 28.8 Å². The molecule has 0 atom stereocenters. The first-order chi connectivity index (χ1) is 9.49. The highest BCUT2D eigenvalue weighted by Crippen LogP contribution is 2.21. The van der Waals surface area contributed by atoms with Crippen molar-refractivity contribution in [2.45, 2.75) is 12.8 Å². The number of hydrogen-bond acceptors (Lipinski definition) is 3. The summed E-state index contributed by atoms with van der Waals surface area (Å²) >= 11 is 4.67. The van der Waals surface area contributed by atoms with Crippen LogP contribution in [0.4, 0.5) is 14.5 Å². The molecule has 1 saturated heterocycles. The maximum absolute atomic E-state index is 13.8. The van der Waals surface area contributed by atoms with E-state index in [1.54, 1.807) is 4.90 Å². The van der Waals surface area contributed by atoms with Crippen LogP contribution < -0.4 is 11.1 Å². The fourth-order valence-corrected chi connectivity index (χ4v) is 2.24.